The van der Waals surface area contributed by atoms with E-state index in [-0.39, 0.29) is 19.6 Å². The number of ether oxygens (including phenoxy) is 2. The molecule has 0 aromatic rings. The molecule has 0 radical (unpaired) electrons. The second kappa shape index (κ2) is 12.2. The van der Waals surface area contributed by atoms with Gasteiger partial charge in [0.25, 0.3) is 0 Å². The lowest BCUT2D eigenvalue weighted by molar-refractivity contribution is -0.139. The molecule has 0 aliphatic heterocycles. The van der Waals surface area contributed by atoms with E-state index in [2.05, 4.69) is 28.5 Å². The van der Waals surface area contributed by atoms with Gasteiger partial charge in [0, 0.05) is 6.54 Å². The molecule has 0 aromatic heterocycles. The van der Waals surface area contributed by atoms with Gasteiger partial charge in [-0.05, 0) is 19.3 Å². The minimum Gasteiger partial charge on any atom is -0.480 e. The van der Waals surface area contributed by atoms with E-state index < -0.39 is 24.2 Å². The second-order valence-electron chi connectivity index (χ2n) is 4.23. The van der Waals surface area contributed by atoms with Crippen molar-refractivity contribution in [2.24, 2.45) is 0 Å². The molecular weight excluding hydrogens is 292 g/mol. The van der Waals surface area contributed by atoms with Crippen molar-refractivity contribution in [1.82, 2.24) is 10.6 Å². The standard InChI is InChI=1S/C14H22N2O6/c1-3-9-21-13(19)15-8-6-5-7-11(12(17)18)16-14(20)22-10-4-2/h3-4,11H,1-2,5-10H2,(H,15,19)(H,16,20)(H,17,18)/t11-/m1/s1. The highest BCUT2D eigenvalue weighted by Gasteiger charge is 2.19. The van der Waals surface area contributed by atoms with E-state index in [1.54, 1.807) is 0 Å². The third-order valence-corrected chi connectivity index (χ3v) is 2.44. The van der Waals surface area contributed by atoms with Crippen LogP contribution < -0.4 is 10.6 Å². The first kappa shape index (κ1) is 19.5. The molecule has 22 heavy (non-hydrogen) atoms. The van der Waals surface area contributed by atoms with Gasteiger partial charge in [0.05, 0.1) is 0 Å². The normalized spacial score (nSPS) is 10.9. The summed E-state index contributed by atoms with van der Waals surface area (Å²) in [7, 11) is 0. The monoisotopic (exact) mass is 314 g/mol. The van der Waals surface area contributed by atoms with Crippen LogP contribution in [0.25, 0.3) is 0 Å². The van der Waals surface area contributed by atoms with Crippen LogP contribution in [0.5, 0.6) is 0 Å². The summed E-state index contributed by atoms with van der Waals surface area (Å²) in [5.41, 5.74) is 0. The molecule has 2 amide bonds. The highest BCUT2D eigenvalue weighted by molar-refractivity contribution is 5.79. The van der Waals surface area contributed by atoms with E-state index in [9.17, 15) is 14.4 Å². The fraction of sp³-hybridized carbons (Fsp3) is 0.500. The van der Waals surface area contributed by atoms with Crippen molar-refractivity contribution in [3.05, 3.63) is 25.3 Å². The molecule has 0 saturated heterocycles. The molecule has 0 saturated carbocycles. The van der Waals surface area contributed by atoms with Gasteiger partial charge in [0.1, 0.15) is 19.3 Å². The number of carboxylic acid groups (broad SMARTS) is 1. The lowest BCUT2D eigenvalue weighted by atomic mass is 10.1. The zero-order chi connectivity index (χ0) is 16.8. The van der Waals surface area contributed by atoms with Crippen LogP contribution in [-0.4, -0.2) is 49.1 Å². The first-order chi connectivity index (χ1) is 10.5. The third-order valence-electron chi connectivity index (χ3n) is 2.44. The number of aliphatic carboxylic acids is 1. The Morgan fingerprint density at radius 2 is 1.64 bits per heavy atom. The molecule has 3 N–H and O–H groups in total. The molecule has 0 aliphatic carbocycles. The molecule has 0 rings (SSSR count). The summed E-state index contributed by atoms with van der Waals surface area (Å²) in [5.74, 6) is -1.14. The van der Waals surface area contributed by atoms with Gasteiger partial charge in [0.15, 0.2) is 0 Å². The van der Waals surface area contributed by atoms with E-state index in [0.717, 1.165) is 0 Å². The summed E-state index contributed by atoms with van der Waals surface area (Å²) < 4.78 is 9.36. The Morgan fingerprint density at radius 3 is 2.18 bits per heavy atom. The summed E-state index contributed by atoms with van der Waals surface area (Å²) in [6.45, 7) is 7.28. The van der Waals surface area contributed by atoms with E-state index in [4.69, 9.17) is 9.84 Å². The number of amides is 2. The van der Waals surface area contributed by atoms with E-state index >= 15 is 0 Å². The zero-order valence-corrected chi connectivity index (χ0v) is 12.4. The van der Waals surface area contributed by atoms with E-state index in [1.807, 2.05) is 0 Å². The van der Waals surface area contributed by atoms with Gasteiger partial charge in [-0.1, -0.05) is 25.3 Å². The van der Waals surface area contributed by atoms with Gasteiger partial charge >= 0.3 is 18.2 Å². The Kier molecular flexibility index (Phi) is 10.9. The van der Waals surface area contributed by atoms with Gasteiger partial charge in [-0.3, -0.25) is 0 Å². The molecule has 0 aromatic carbocycles. The molecule has 0 aliphatic rings. The number of hydrogen-bond acceptors (Lipinski definition) is 5. The van der Waals surface area contributed by atoms with Crippen molar-refractivity contribution < 1.29 is 29.0 Å². The zero-order valence-electron chi connectivity index (χ0n) is 12.4. The molecule has 0 fully saturated rings. The number of rotatable bonds is 11. The number of carbonyl (C=O) groups is 3. The van der Waals surface area contributed by atoms with Crippen LogP contribution in [0.3, 0.4) is 0 Å². The number of nitrogens with one attached hydrogen (secondary N) is 2. The summed E-state index contributed by atoms with van der Waals surface area (Å²) in [5, 5.41) is 13.8. The van der Waals surface area contributed by atoms with Crippen molar-refractivity contribution in [2.75, 3.05) is 19.8 Å². The Morgan fingerprint density at radius 1 is 1.05 bits per heavy atom. The lowest BCUT2D eigenvalue weighted by Gasteiger charge is -2.14. The maximum Gasteiger partial charge on any atom is 0.408 e. The highest BCUT2D eigenvalue weighted by atomic mass is 16.6. The SMILES string of the molecule is C=CCOC(=O)NCCCC[C@@H](NC(=O)OCC=C)C(=O)O. The minimum atomic E-state index is -1.14. The number of carboxylic acids is 1. The fourth-order valence-electron chi connectivity index (χ4n) is 1.43. The van der Waals surface area contributed by atoms with E-state index in [1.165, 1.54) is 12.2 Å². The first-order valence-electron chi connectivity index (χ1n) is 6.79. The second-order valence-corrected chi connectivity index (χ2v) is 4.23. The maximum absolute atomic E-state index is 11.3. The van der Waals surface area contributed by atoms with Gasteiger partial charge in [-0.15, -0.1) is 0 Å². The van der Waals surface area contributed by atoms with Crippen molar-refractivity contribution >= 4 is 18.2 Å². The highest BCUT2D eigenvalue weighted by Crippen LogP contribution is 2.02. The summed E-state index contributed by atoms with van der Waals surface area (Å²) in [6.07, 6.45) is 2.75. The number of unbranched alkanes of at least 4 members (excludes halogenated alkanes) is 1. The van der Waals surface area contributed by atoms with Crippen molar-refractivity contribution in [3.63, 3.8) is 0 Å². The van der Waals surface area contributed by atoms with Crippen LogP contribution >= 0.6 is 0 Å². The summed E-state index contributed by atoms with van der Waals surface area (Å²) >= 11 is 0. The van der Waals surface area contributed by atoms with Gasteiger partial charge in [-0.2, -0.15) is 0 Å². The Bertz CT molecular complexity index is 397. The third kappa shape index (κ3) is 10.3. The van der Waals surface area contributed by atoms with Crippen molar-refractivity contribution in [3.8, 4) is 0 Å². The minimum absolute atomic E-state index is 0.00884. The quantitative estimate of drug-likeness (QED) is 0.393. The Hall–Kier alpha value is -2.51. The molecule has 0 unspecified atom stereocenters. The number of carbonyl (C=O) groups excluding carboxylic acids is 2. The first-order valence-corrected chi connectivity index (χ1v) is 6.79. The van der Waals surface area contributed by atoms with Crippen LogP contribution in [0.15, 0.2) is 25.3 Å². The summed E-state index contributed by atoms with van der Waals surface area (Å²) in [6, 6.07) is -1.04. The average Bonchev–Trinajstić information content (AvgIpc) is 2.49. The summed E-state index contributed by atoms with van der Waals surface area (Å²) in [4.78, 5) is 33.4. The van der Waals surface area contributed by atoms with Crippen molar-refractivity contribution in [2.45, 2.75) is 25.3 Å². The maximum atomic E-state index is 11.3. The molecule has 8 nitrogen and oxygen atoms in total. The van der Waals surface area contributed by atoms with Gasteiger partial charge in [0.2, 0.25) is 0 Å². The molecule has 1 atom stereocenters. The van der Waals surface area contributed by atoms with E-state index in [0.29, 0.717) is 19.4 Å². The number of alkyl carbamates (subject to hydrolysis) is 2. The molecule has 0 bridgehead atoms. The molecule has 124 valence electrons. The molecule has 0 heterocycles. The van der Waals surface area contributed by atoms with Crippen LogP contribution in [-0.2, 0) is 14.3 Å². The predicted octanol–water partition coefficient (Wildman–Crippen LogP) is 1.43. The van der Waals surface area contributed by atoms with Crippen LogP contribution in [0.1, 0.15) is 19.3 Å². The van der Waals surface area contributed by atoms with Crippen LogP contribution in [0, 0.1) is 0 Å². The topological polar surface area (TPSA) is 114 Å². The average molecular weight is 314 g/mol. The fourth-order valence-corrected chi connectivity index (χ4v) is 1.43. The Labute approximate surface area is 129 Å². The predicted molar refractivity (Wildman–Crippen MR) is 79.5 cm³/mol. The largest absolute Gasteiger partial charge is 0.480 e. The number of hydrogen-bond donors (Lipinski definition) is 3. The molecular formula is C14H22N2O6. The molecule has 0 spiro atoms. The Balaban J connectivity index is 3.89. The van der Waals surface area contributed by atoms with Gasteiger partial charge < -0.3 is 25.2 Å². The van der Waals surface area contributed by atoms with Gasteiger partial charge in [-0.25, -0.2) is 14.4 Å². The van der Waals surface area contributed by atoms with Crippen molar-refractivity contribution in [1.29, 1.82) is 0 Å². The van der Waals surface area contributed by atoms with Crippen LogP contribution in [0.2, 0.25) is 0 Å². The molecule has 8 heteroatoms. The smallest absolute Gasteiger partial charge is 0.408 e. The van der Waals surface area contributed by atoms with Crippen LogP contribution in [0.4, 0.5) is 9.59 Å². The lowest BCUT2D eigenvalue weighted by Crippen LogP contribution is -2.41.